The van der Waals surface area contributed by atoms with Crippen molar-refractivity contribution in [1.82, 2.24) is 9.97 Å². The number of rotatable bonds is 7. The first-order chi connectivity index (χ1) is 12.2. The van der Waals surface area contributed by atoms with Crippen molar-refractivity contribution in [1.29, 1.82) is 0 Å². The van der Waals surface area contributed by atoms with E-state index in [-0.39, 0.29) is 0 Å². The van der Waals surface area contributed by atoms with Crippen molar-refractivity contribution in [2.75, 3.05) is 4.72 Å². The summed E-state index contributed by atoms with van der Waals surface area (Å²) in [5.41, 5.74) is 0.980. The second-order valence-electron chi connectivity index (χ2n) is 4.98. The monoisotopic (exact) mass is 370 g/mol. The number of nitrogens with one attached hydrogen (secondary N) is 1. The fourth-order valence-corrected chi connectivity index (χ4v) is 2.74. The Labute approximate surface area is 155 Å². The third kappa shape index (κ3) is 4.95. The van der Waals surface area contributed by atoms with Crippen LogP contribution in [0.5, 0.6) is 5.75 Å². The summed E-state index contributed by atoms with van der Waals surface area (Å²) in [6, 6.07) is 15.0. The Kier molecular flexibility index (Phi) is 5.87. The van der Waals surface area contributed by atoms with Crippen molar-refractivity contribution in [3.8, 4) is 5.75 Å². The molecule has 0 amide bonds. The van der Waals surface area contributed by atoms with E-state index in [0.717, 1.165) is 16.3 Å². The molecule has 0 fully saturated rings. The number of aliphatic imine (C=N–C) groups is 1. The quantitative estimate of drug-likeness (QED) is 0.459. The summed E-state index contributed by atoms with van der Waals surface area (Å²) in [4.78, 5) is 13.3. The number of benzene rings is 1. The second kappa shape index (κ2) is 8.50. The molecule has 0 radical (unpaired) electrons. The second-order valence-corrected chi connectivity index (χ2v) is 6.30. The minimum atomic E-state index is 0.386. The Bertz CT molecular complexity index is 858. The van der Waals surface area contributed by atoms with Crippen LogP contribution in [0.4, 0.5) is 11.6 Å². The molecule has 0 aliphatic heterocycles. The zero-order valence-electron chi connectivity index (χ0n) is 13.2. The van der Waals surface area contributed by atoms with E-state index in [1.54, 1.807) is 18.5 Å². The normalized spacial score (nSPS) is 10.3. The Morgan fingerprint density at radius 1 is 1.12 bits per heavy atom. The minimum Gasteiger partial charge on any atom is -0.485 e. The molecule has 0 aliphatic rings. The Morgan fingerprint density at radius 2 is 1.96 bits per heavy atom. The van der Waals surface area contributed by atoms with Crippen LogP contribution in [0.2, 0.25) is 5.02 Å². The standard InChI is InChI=1S/C18H15ClN4OS/c1-20-18-16(3-2-9-22-18)24-12-13-8-10-21-17(11-13)23-25-15-6-4-14(19)5-7-15/h2-11H,1,12H2,(H,21,23). The van der Waals surface area contributed by atoms with Gasteiger partial charge in [-0.2, -0.15) is 0 Å². The highest BCUT2D eigenvalue weighted by atomic mass is 35.5. The maximum absolute atomic E-state index is 5.89. The Balaban J connectivity index is 1.61. The smallest absolute Gasteiger partial charge is 0.194 e. The van der Waals surface area contributed by atoms with Gasteiger partial charge >= 0.3 is 0 Å². The topological polar surface area (TPSA) is 59.4 Å². The Morgan fingerprint density at radius 3 is 2.76 bits per heavy atom. The predicted octanol–water partition coefficient (Wildman–Crippen LogP) is 5.16. The first-order valence-electron chi connectivity index (χ1n) is 7.42. The first-order valence-corrected chi connectivity index (χ1v) is 8.62. The summed E-state index contributed by atoms with van der Waals surface area (Å²) < 4.78 is 8.98. The lowest BCUT2D eigenvalue weighted by Gasteiger charge is -2.09. The number of aromatic nitrogens is 2. The van der Waals surface area contributed by atoms with E-state index >= 15 is 0 Å². The number of pyridine rings is 2. The van der Waals surface area contributed by atoms with Gasteiger partial charge in [0.15, 0.2) is 11.6 Å². The maximum Gasteiger partial charge on any atom is 0.194 e. The first kappa shape index (κ1) is 17.3. The van der Waals surface area contributed by atoms with Gasteiger partial charge in [-0.05, 0) is 72.8 Å². The van der Waals surface area contributed by atoms with Crippen LogP contribution in [0.3, 0.4) is 0 Å². The van der Waals surface area contributed by atoms with Gasteiger partial charge in [0.25, 0.3) is 0 Å². The van der Waals surface area contributed by atoms with Crippen LogP contribution >= 0.6 is 23.5 Å². The molecule has 1 N–H and O–H groups in total. The molecule has 0 saturated carbocycles. The largest absolute Gasteiger partial charge is 0.485 e. The van der Waals surface area contributed by atoms with Gasteiger partial charge in [0, 0.05) is 22.3 Å². The molecule has 0 atom stereocenters. The summed E-state index contributed by atoms with van der Waals surface area (Å²) in [7, 11) is 0. The number of ether oxygens (including phenoxy) is 1. The molecule has 0 bridgehead atoms. The zero-order valence-corrected chi connectivity index (χ0v) is 14.8. The highest BCUT2D eigenvalue weighted by molar-refractivity contribution is 8.00. The maximum atomic E-state index is 5.89. The molecule has 2 heterocycles. The van der Waals surface area contributed by atoms with E-state index in [1.165, 1.54) is 11.9 Å². The summed E-state index contributed by atoms with van der Waals surface area (Å²) in [5.74, 6) is 1.82. The molecule has 25 heavy (non-hydrogen) atoms. The number of nitrogens with zero attached hydrogens (tertiary/aromatic N) is 3. The van der Waals surface area contributed by atoms with Gasteiger partial charge in [-0.25, -0.2) is 15.0 Å². The van der Waals surface area contributed by atoms with Crippen molar-refractivity contribution in [2.24, 2.45) is 4.99 Å². The van der Waals surface area contributed by atoms with Crippen molar-refractivity contribution >= 4 is 41.9 Å². The summed E-state index contributed by atoms with van der Waals surface area (Å²) in [5, 5.41) is 0.713. The summed E-state index contributed by atoms with van der Waals surface area (Å²) in [6.07, 6.45) is 3.39. The number of hydrogen-bond donors (Lipinski definition) is 1. The van der Waals surface area contributed by atoms with Crippen molar-refractivity contribution < 1.29 is 4.74 Å². The third-order valence-corrected chi connectivity index (χ3v) is 4.28. The van der Waals surface area contributed by atoms with Crippen molar-refractivity contribution in [3.05, 3.63) is 71.5 Å². The predicted molar refractivity (Wildman–Crippen MR) is 103 cm³/mol. The van der Waals surface area contributed by atoms with E-state index in [1.807, 2.05) is 42.5 Å². The molecule has 1 aromatic carbocycles. The molecule has 3 rings (SSSR count). The fourth-order valence-electron chi connectivity index (χ4n) is 2.01. The van der Waals surface area contributed by atoms with E-state index in [2.05, 4.69) is 26.4 Å². The number of hydrogen-bond acceptors (Lipinski definition) is 6. The zero-order chi connectivity index (χ0) is 17.5. The lowest BCUT2D eigenvalue weighted by atomic mass is 10.3. The van der Waals surface area contributed by atoms with Crippen molar-refractivity contribution in [2.45, 2.75) is 11.5 Å². The van der Waals surface area contributed by atoms with Gasteiger partial charge in [-0.15, -0.1) is 0 Å². The van der Waals surface area contributed by atoms with Gasteiger partial charge < -0.3 is 9.46 Å². The molecular weight excluding hydrogens is 356 g/mol. The molecule has 0 unspecified atom stereocenters. The minimum absolute atomic E-state index is 0.386. The van der Waals surface area contributed by atoms with Gasteiger partial charge in [0.05, 0.1) is 0 Å². The van der Waals surface area contributed by atoms with Crippen LogP contribution in [0, 0.1) is 0 Å². The van der Waals surface area contributed by atoms with Crippen LogP contribution in [0.25, 0.3) is 0 Å². The molecule has 126 valence electrons. The Hall–Kier alpha value is -2.57. The van der Waals surface area contributed by atoms with E-state index in [4.69, 9.17) is 16.3 Å². The van der Waals surface area contributed by atoms with Gasteiger partial charge in [0.2, 0.25) is 0 Å². The van der Waals surface area contributed by atoms with Crippen LogP contribution in [-0.2, 0) is 6.61 Å². The molecule has 0 spiro atoms. The van der Waals surface area contributed by atoms with E-state index < -0.39 is 0 Å². The van der Waals surface area contributed by atoms with Gasteiger partial charge in [-0.1, -0.05) is 11.6 Å². The number of anilines is 1. The molecule has 3 aromatic rings. The SMILES string of the molecule is C=Nc1ncccc1OCc1ccnc(NSc2ccc(Cl)cc2)c1. The lowest BCUT2D eigenvalue weighted by molar-refractivity contribution is 0.306. The molecule has 5 nitrogen and oxygen atoms in total. The van der Waals surface area contributed by atoms with E-state index in [0.29, 0.717) is 23.2 Å². The van der Waals surface area contributed by atoms with Crippen molar-refractivity contribution in [3.63, 3.8) is 0 Å². The fraction of sp³-hybridized carbons (Fsp3) is 0.0556. The summed E-state index contributed by atoms with van der Waals surface area (Å²) in [6.45, 7) is 3.88. The highest BCUT2D eigenvalue weighted by Gasteiger charge is 2.04. The molecule has 0 aliphatic carbocycles. The third-order valence-electron chi connectivity index (χ3n) is 3.21. The van der Waals surface area contributed by atoms with Crippen LogP contribution in [-0.4, -0.2) is 16.7 Å². The van der Waals surface area contributed by atoms with Crippen LogP contribution in [0.1, 0.15) is 5.56 Å². The molecule has 2 aromatic heterocycles. The summed E-state index contributed by atoms with van der Waals surface area (Å²) >= 11 is 7.35. The highest BCUT2D eigenvalue weighted by Crippen LogP contribution is 2.25. The van der Waals surface area contributed by atoms with E-state index in [9.17, 15) is 0 Å². The average Bonchev–Trinajstić information content (AvgIpc) is 2.66. The van der Waals surface area contributed by atoms with Gasteiger partial charge in [0.1, 0.15) is 12.4 Å². The number of halogens is 1. The molecule has 7 heteroatoms. The molecular formula is C18H15ClN4OS. The van der Waals surface area contributed by atoms with Crippen LogP contribution in [0.15, 0.2) is 70.8 Å². The lowest BCUT2D eigenvalue weighted by Crippen LogP contribution is -1.98. The van der Waals surface area contributed by atoms with Crippen LogP contribution < -0.4 is 9.46 Å². The average molecular weight is 371 g/mol. The molecule has 0 saturated heterocycles. The van der Waals surface area contributed by atoms with Gasteiger partial charge in [-0.3, -0.25) is 0 Å².